The molecule has 1 aromatic carbocycles. The first kappa shape index (κ1) is 14.9. The second-order valence-electron chi connectivity index (χ2n) is 6.50. The van der Waals surface area contributed by atoms with Crippen LogP contribution in [0.4, 0.5) is 0 Å². The van der Waals surface area contributed by atoms with Gasteiger partial charge in [-0.2, -0.15) is 5.10 Å². The van der Waals surface area contributed by atoms with E-state index in [0.29, 0.717) is 6.42 Å². The van der Waals surface area contributed by atoms with Gasteiger partial charge in [-0.05, 0) is 31.4 Å². The maximum absolute atomic E-state index is 12.8. The van der Waals surface area contributed by atoms with Crippen LogP contribution in [0.5, 0.6) is 0 Å². The lowest BCUT2D eigenvalue weighted by Gasteiger charge is -2.31. The normalized spacial score (nSPS) is 18.2. The number of aromatic nitrogens is 4. The van der Waals surface area contributed by atoms with E-state index >= 15 is 0 Å². The van der Waals surface area contributed by atoms with Gasteiger partial charge >= 0.3 is 0 Å². The molecular formula is C18H21N5O. The number of para-hydroxylation sites is 1. The van der Waals surface area contributed by atoms with E-state index in [4.69, 9.17) is 0 Å². The summed E-state index contributed by atoms with van der Waals surface area (Å²) >= 11 is 0. The minimum atomic E-state index is 0.187. The molecule has 0 saturated carbocycles. The van der Waals surface area contributed by atoms with Crippen molar-refractivity contribution in [3.8, 4) is 0 Å². The first-order chi connectivity index (χ1) is 11.7. The van der Waals surface area contributed by atoms with Crippen LogP contribution in [0, 0.1) is 6.92 Å². The smallest absolute Gasteiger partial charge is 0.227 e. The molecule has 2 aromatic heterocycles. The highest BCUT2D eigenvalue weighted by Gasteiger charge is 2.27. The molecule has 0 spiro atoms. The Morgan fingerprint density at radius 1 is 1.38 bits per heavy atom. The number of H-pyrrole nitrogens is 2. The van der Waals surface area contributed by atoms with Crippen molar-refractivity contribution in [2.24, 2.45) is 0 Å². The predicted molar refractivity (Wildman–Crippen MR) is 91.7 cm³/mol. The van der Waals surface area contributed by atoms with E-state index < -0.39 is 0 Å². The van der Waals surface area contributed by atoms with Crippen LogP contribution < -0.4 is 0 Å². The van der Waals surface area contributed by atoms with Crippen LogP contribution in [0.15, 0.2) is 30.6 Å². The minimum Gasteiger partial charge on any atom is -0.358 e. The third-order valence-corrected chi connectivity index (χ3v) is 4.95. The molecular weight excluding hydrogens is 302 g/mol. The van der Waals surface area contributed by atoms with Crippen molar-refractivity contribution in [1.29, 1.82) is 0 Å². The van der Waals surface area contributed by atoms with Gasteiger partial charge in [0.1, 0.15) is 12.2 Å². The summed E-state index contributed by atoms with van der Waals surface area (Å²) in [7, 11) is 0. The van der Waals surface area contributed by atoms with Gasteiger partial charge in [-0.1, -0.05) is 18.2 Å². The Bertz CT molecular complexity index is 852. The zero-order valence-corrected chi connectivity index (χ0v) is 13.7. The molecule has 0 bridgehead atoms. The Balaban J connectivity index is 1.52. The number of aromatic amines is 2. The highest BCUT2D eigenvalue weighted by atomic mass is 16.2. The number of hydrogen-bond donors (Lipinski definition) is 2. The number of nitrogens with one attached hydrogen (secondary N) is 2. The summed E-state index contributed by atoms with van der Waals surface area (Å²) in [6, 6.07) is 8.16. The lowest BCUT2D eigenvalue weighted by atomic mass is 9.96. The van der Waals surface area contributed by atoms with Crippen LogP contribution in [0.1, 0.15) is 35.8 Å². The van der Waals surface area contributed by atoms with E-state index in [-0.39, 0.29) is 11.8 Å². The minimum absolute atomic E-state index is 0.187. The molecule has 3 aromatic rings. The number of fused-ring (bicyclic) bond motifs is 1. The van der Waals surface area contributed by atoms with Crippen molar-refractivity contribution in [1.82, 2.24) is 25.1 Å². The van der Waals surface area contributed by atoms with Gasteiger partial charge in [0.15, 0.2) is 0 Å². The number of benzene rings is 1. The zero-order chi connectivity index (χ0) is 16.5. The molecule has 0 radical (unpaired) electrons. The van der Waals surface area contributed by atoms with Crippen molar-refractivity contribution in [2.45, 2.75) is 32.1 Å². The van der Waals surface area contributed by atoms with Gasteiger partial charge < -0.3 is 9.88 Å². The van der Waals surface area contributed by atoms with E-state index in [9.17, 15) is 4.79 Å². The average molecular weight is 323 g/mol. The predicted octanol–water partition coefficient (Wildman–Crippen LogP) is 2.54. The first-order valence-electron chi connectivity index (χ1n) is 8.41. The lowest BCUT2D eigenvalue weighted by Crippen LogP contribution is -2.40. The summed E-state index contributed by atoms with van der Waals surface area (Å²) in [5.74, 6) is 1.33. The third-order valence-electron chi connectivity index (χ3n) is 4.95. The second kappa shape index (κ2) is 6.11. The molecule has 4 rings (SSSR count). The van der Waals surface area contributed by atoms with Gasteiger partial charge in [0.25, 0.3) is 0 Å². The number of carbonyl (C=O) groups excluding carboxylic acids is 1. The molecule has 1 aliphatic heterocycles. The number of nitrogens with zero attached hydrogens (tertiary/aromatic N) is 3. The monoisotopic (exact) mass is 323 g/mol. The molecule has 1 atom stereocenters. The zero-order valence-electron chi connectivity index (χ0n) is 13.7. The maximum atomic E-state index is 12.8. The lowest BCUT2D eigenvalue weighted by molar-refractivity contribution is -0.131. The molecule has 6 heteroatoms. The number of aryl methyl sites for hydroxylation is 1. The van der Waals surface area contributed by atoms with E-state index in [1.54, 1.807) is 0 Å². The maximum Gasteiger partial charge on any atom is 0.227 e. The van der Waals surface area contributed by atoms with Crippen molar-refractivity contribution < 1.29 is 4.79 Å². The van der Waals surface area contributed by atoms with Gasteiger partial charge in [-0.25, -0.2) is 4.98 Å². The van der Waals surface area contributed by atoms with Crippen molar-refractivity contribution in [3.63, 3.8) is 0 Å². The van der Waals surface area contributed by atoms with Crippen LogP contribution in [0.25, 0.3) is 10.9 Å². The van der Waals surface area contributed by atoms with Crippen molar-refractivity contribution in [2.75, 3.05) is 13.1 Å². The molecule has 1 amide bonds. The topological polar surface area (TPSA) is 77.7 Å². The first-order valence-corrected chi connectivity index (χ1v) is 8.41. The second-order valence-corrected chi connectivity index (χ2v) is 6.50. The van der Waals surface area contributed by atoms with Crippen LogP contribution >= 0.6 is 0 Å². The van der Waals surface area contributed by atoms with E-state index in [2.05, 4.69) is 32.3 Å². The highest BCUT2D eigenvalue weighted by molar-refractivity contribution is 5.90. The molecule has 6 nitrogen and oxygen atoms in total. The fourth-order valence-corrected chi connectivity index (χ4v) is 3.66. The quantitative estimate of drug-likeness (QED) is 0.777. The largest absolute Gasteiger partial charge is 0.358 e. The Morgan fingerprint density at radius 2 is 2.25 bits per heavy atom. The number of carbonyl (C=O) groups is 1. The van der Waals surface area contributed by atoms with E-state index in [1.807, 2.05) is 24.0 Å². The fourth-order valence-electron chi connectivity index (χ4n) is 3.66. The molecule has 3 heterocycles. The molecule has 24 heavy (non-hydrogen) atoms. The Kier molecular flexibility index (Phi) is 3.80. The molecule has 2 N–H and O–H groups in total. The molecule has 1 saturated heterocycles. The third kappa shape index (κ3) is 2.68. The summed E-state index contributed by atoms with van der Waals surface area (Å²) in [4.78, 5) is 22.4. The molecule has 0 aliphatic carbocycles. The van der Waals surface area contributed by atoms with Crippen LogP contribution in [-0.4, -0.2) is 44.1 Å². The number of hydrogen-bond acceptors (Lipinski definition) is 3. The van der Waals surface area contributed by atoms with Gasteiger partial charge in [0, 0.05) is 35.6 Å². The van der Waals surface area contributed by atoms with Gasteiger partial charge in [0.05, 0.1) is 6.42 Å². The fraction of sp³-hybridized carbons (Fsp3) is 0.389. The number of amides is 1. The summed E-state index contributed by atoms with van der Waals surface area (Å²) in [5.41, 5.74) is 3.28. The summed E-state index contributed by atoms with van der Waals surface area (Å²) in [5, 5.41) is 8.02. The van der Waals surface area contributed by atoms with E-state index in [1.165, 1.54) is 6.33 Å². The molecule has 1 fully saturated rings. The standard InChI is InChI=1S/C18H21N5O/c1-12-15(14-6-2-3-7-16(14)21-12)9-17(24)23-8-4-5-13(10-23)18-19-11-20-22-18/h2-3,6-7,11,13,21H,4-5,8-10H2,1H3,(H,19,20,22). The van der Waals surface area contributed by atoms with E-state index in [0.717, 1.165) is 53.9 Å². The van der Waals surface area contributed by atoms with Crippen molar-refractivity contribution in [3.05, 3.63) is 47.7 Å². The van der Waals surface area contributed by atoms with Crippen LogP contribution in [0.2, 0.25) is 0 Å². The number of likely N-dealkylation sites (tertiary alicyclic amines) is 1. The average Bonchev–Trinajstić information content (AvgIpc) is 3.24. The van der Waals surface area contributed by atoms with Crippen LogP contribution in [-0.2, 0) is 11.2 Å². The highest BCUT2D eigenvalue weighted by Crippen LogP contribution is 2.26. The van der Waals surface area contributed by atoms with Gasteiger partial charge in [-0.15, -0.1) is 0 Å². The summed E-state index contributed by atoms with van der Waals surface area (Å²) in [6.07, 6.45) is 4.03. The number of rotatable bonds is 3. The van der Waals surface area contributed by atoms with Gasteiger partial charge in [0.2, 0.25) is 5.91 Å². The number of piperidine rings is 1. The summed E-state index contributed by atoms with van der Waals surface area (Å²) in [6.45, 7) is 3.58. The Hall–Kier alpha value is -2.63. The Labute approximate surface area is 140 Å². The molecule has 1 aliphatic rings. The SMILES string of the molecule is Cc1[nH]c2ccccc2c1CC(=O)N1CCCC(c2ncn[nH]2)C1. The molecule has 1 unspecified atom stereocenters. The van der Waals surface area contributed by atoms with Crippen LogP contribution in [0.3, 0.4) is 0 Å². The summed E-state index contributed by atoms with van der Waals surface area (Å²) < 4.78 is 0. The van der Waals surface area contributed by atoms with Gasteiger partial charge in [-0.3, -0.25) is 9.89 Å². The van der Waals surface area contributed by atoms with Crippen molar-refractivity contribution >= 4 is 16.8 Å². The molecule has 124 valence electrons. The Morgan fingerprint density at radius 3 is 3.08 bits per heavy atom.